The quantitative estimate of drug-likeness (QED) is 0.788. The molecule has 1 saturated heterocycles. The average Bonchev–Trinajstić information content (AvgIpc) is 2.67. The summed E-state index contributed by atoms with van der Waals surface area (Å²) in [5, 5.41) is 3.13. The van der Waals surface area contributed by atoms with E-state index in [1.807, 2.05) is 34.9 Å². The molecule has 0 spiro atoms. The second kappa shape index (κ2) is 10.1. The average molecular weight is 404 g/mol. The second-order valence-corrected chi connectivity index (χ2v) is 9.06. The molecule has 6 nitrogen and oxygen atoms in total. The first-order chi connectivity index (χ1) is 13.6. The maximum absolute atomic E-state index is 12.7. The van der Waals surface area contributed by atoms with Crippen molar-refractivity contribution in [3.05, 3.63) is 35.4 Å². The molecule has 29 heavy (non-hydrogen) atoms. The molecule has 1 N–H and O–H groups in total. The highest BCUT2D eigenvalue weighted by Crippen LogP contribution is 2.22. The van der Waals surface area contributed by atoms with E-state index in [-0.39, 0.29) is 24.0 Å². The Bertz CT molecular complexity index is 672. The lowest BCUT2D eigenvalue weighted by Crippen LogP contribution is -2.45. The zero-order valence-electron chi connectivity index (χ0n) is 18.8. The maximum Gasteiger partial charge on any atom is 0.410 e. The van der Waals surface area contributed by atoms with Crippen molar-refractivity contribution in [2.24, 2.45) is 5.92 Å². The molecule has 0 bridgehead atoms. The van der Waals surface area contributed by atoms with Gasteiger partial charge in [0.1, 0.15) is 5.60 Å². The summed E-state index contributed by atoms with van der Waals surface area (Å²) in [6.07, 6.45) is 2.07. The third-order valence-electron chi connectivity index (χ3n) is 5.38. The summed E-state index contributed by atoms with van der Waals surface area (Å²) in [4.78, 5) is 28.7. The van der Waals surface area contributed by atoms with Crippen molar-refractivity contribution in [3.8, 4) is 0 Å². The topological polar surface area (TPSA) is 61.9 Å². The van der Waals surface area contributed by atoms with Gasteiger partial charge in [-0.05, 0) is 65.3 Å². The van der Waals surface area contributed by atoms with Crippen LogP contribution in [0.15, 0.2) is 24.3 Å². The first-order valence-electron chi connectivity index (χ1n) is 10.6. The molecule has 1 aromatic rings. The molecule has 1 atom stereocenters. The summed E-state index contributed by atoms with van der Waals surface area (Å²) >= 11 is 0. The number of carbonyl (C=O) groups is 2. The molecule has 0 unspecified atom stereocenters. The number of nitrogens with one attached hydrogen (secondary N) is 1. The molecular formula is C23H37N3O3. The molecule has 162 valence electrons. The summed E-state index contributed by atoms with van der Waals surface area (Å²) in [5.74, 6) is 0.0184. The van der Waals surface area contributed by atoms with Gasteiger partial charge in [0.2, 0.25) is 5.91 Å². The molecule has 1 aromatic carbocycles. The molecule has 0 aromatic heterocycles. The summed E-state index contributed by atoms with van der Waals surface area (Å²) in [7, 11) is 4.06. The van der Waals surface area contributed by atoms with Gasteiger partial charge in [0, 0.05) is 25.6 Å². The monoisotopic (exact) mass is 403 g/mol. The van der Waals surface area contributed by atoms with Crippen LogP contribution >= 0.6 is 0 Å². The number of hydrogen-bond acceptors (Lipinski definition) is 4. The Labute approximate surface area is 175 Å². The molecule has 0 radical (unpaired) electrons. The fraction of sp³-hybridized carbons (Fsp3) is 0.652. The van der Waals surface area contributed by atoms with Gasteiger partial charge in [0.15, 0.2) is 0 Å². The molecular weight excluding hydrogens is 366 g/mol. The standard InChI is InChI=1S/C23H37N3O3/c1-7-17-8-10-18(11-9-17)20(25(5)6)16-24-21(27)19-12-14-26(15-13-19)22(28)29-23(2,3)4/h8-11,19-20H,7,12-16H2,1-6H3,(H,24,27)/t20-/m0/s1. The molecule has 2 rings (SSSR count). The van der Waals surface area contributed by atoms with Crippen molar-refractivity contribution in [2.75, 3.05) is 33.7 Å². The summed E-state index contributed by atoms with van der Waals surface area (Å²) in [5.41, 5.74) is 2.02. The number of hydrogen-bond donors (Lipinski definition) is 1. The van der Waals surface area contributed by atoms with Crippen LogP contribution in [0.5, 0.6) is 0 Å². The largest absolute Gasteiger partial charge is 0.444 e. The van der Waals surface area contributed by atoms with Crippen LogP contribution in [0.3, 0.4) is 0 Å². The lowest BCUT2D eigenvalue weighted by atomic mass is 9.95. The second-order valence-electron chi connectivity index (χ2n) is 9.06. The van der Waals surface area contributed by atoms with E-state index < -0.39 is 5.60 Å². The Morgan fingerprint density at radius 2 is 1.76 bits per heavy atom. The summed E-state index contributed by atoms with van der Waals surface area (Å²) in [6.45, 7) is 9.42. The highest BCUT2D eigenvalue weighted by atomic mass is 16.6. The van der Waals surface area contributed by atoms with Crippen LogP contribution in [-0.4, -0.2) is 61.1 Å². The van der Waals surface area contributed by atoms with Crippen molar-refractivity contribution >= 4 is 12.0 Å². The Hall–Kier alpha value is -2.08. The van der Waals surface area contributed by atoms with E-state index in [0.29, 0.717) is 32.5 Å². The van der Waals surface area contributed by atoms with Crippen molar-refractivity contribution in [1.29, 1.82) is 0 Å². The van der Waals surface area contributed by atoms with Gasteiger partial charge in [-0.3, -0.25) is 4.79 Å². The fourth-order valence-corrected chi connectivity index (χ4v) is 3.57. The van der Waals surface area contributed by atoms with E-state index in [1.54, 1.807) is 4.90 Å². The number of likely N-dealkylation sites (N-methyl/N-ethyl adjacent to an activating group) is 1. The zero-order valence-corrected chi connectivity index (χ0v) is 18.8. The SMILES string of the molecule is CCc1ccc([C@H](CNC(=O)C2CCN(C(=O)OC(C)(C)C)CC2)N(C)C)cc1. The zero-order chi connectivity index (χ0) is 21.6. The minimum atomic E-state index is -0.498. The number of carbonyl (C=O) groups excluding carboxylic acids is 2. The Kier molecular flexibility index (Phi) is 8.08. The number of aryl methyl sites for hydroxylation is 1. The predicted molar refractivity (Wildman–Crippen MR) is 116 cm³/mol. The van der Waals surface area contributed by atoms with Crippen molar-refractivity contribution in [2.45, 2.75) is 58.6 Å². The van der Waals surface area contributed by atoms with Gasteiger partial charge in [-0.25, -0.2) is 4.79 Å². The van der Waals surface area contributed by atoms with Crippen molar-refractivity contribution in [3.63, 3.8) is 0 Å². The van der Waals surface area contributed by atoms with E-state index >= 15 is 0 Å². The van der Waals surface area contributed by atoms with Crippen LogP contribution in [0, 0.1) is 5.92 Å². The van der Waals surface area contributed by atoms with E-state index in [1.165, 1.54) is 11.1 Å². The van der Waals surface area contributed by atoms with Crippen molar-refractivity contribution < 1.29 is 14.3 Å². The van der Waals surface area contributed by atoms with Crippen LogP contribution in [0.4, 0.5) is 4.79 Å². The van der Waals surface area contributed by atoms with Crippen LogP contribution in [0.25, 0.3) is 0 Å². The van der Waals surface area contributed by atoms with E-state index in [9.17, 15) is 9.59 Å². The number of benzene rings is 1. The Balaban J connectivity index is 1.85. The summed E-state index contributed by atoms with van der Waals surface area (Å²) in [6, 6.07) is 8.73. The number of rotatable bonds is 6. The van der Waals surface area contributed by atoms with Crippen LogP contribution in [-0.2, 0) is 16.0 Å². The first kappa shape index (κ1) is 23.2. The van der Waals surface area contributed by atoms with Gasteiger partial charge < -0.3 is 19.9 Å². The van der Waals surface area contributed by atoms with Crippen LogP contribution in [0.2, 0.25) is 0 Å². The molecule has 1 aliphatic rings. The highest BCUT2D eigenvalue weighted by molar-refractivity contribution is 5.79. The van der Waals surface area contributed by atoms with E-state index in [0.717, 1.165) is 6.42 Å². The number of piperidine rings is 1. The molecule has 1 heterocycles. The molecule has 1 aliphatic heterocycles. The van der Waals surface area contributed by atoms with Crippen LogP contribution in [0.1, 0.15) is 57.7 Å². The minimum Gasteiger partial charge on any atom is -0.444 e. The minimum absolute atomic E-state index is 0.0565. The Morgan fingerprint density at radius 1 is 1.17 bits per heavy atom. The molecule has 0 aliphatic carbocycles. The summed E-state index contributed by atoms with van der Waals surface area (Å²) < 4.78 is 5.42. The van der Waals surface area contributed by atoms with Gasteiger partial charge in [0.25, 0.3) is 0 Å². The Morgan fingerprint density at radius 3 is 2.24 bits per heavy atom. The van der Waals surface area contributed by atoms with Gasteiger partial charge in [0.05, 0.1) is 6.04 Å². The smallest absolute Gasteiger partial charge is 0.410 e. The third-order valence-corrected chi connectivity index (χ3v) is 5.38. The van der Waals surface area contributed by atoms with Gasteiger partial charge in [-0.2, -0.15) is 0 Å². The van der Waals surface area contributed by atoms with Crippen molar-refractivity contribution in [1.82, 2.24) is 15.1 Å². The number of likely N-dealkylation sites (tertiary alicyclic amines) is 1. The van der Waals surface area contributed by atoms with E-state index in [2.05, 4.69) is 41.4 Å². The molecule has 2 amide bonds. The molecule has 0 saturated carbocycles. The molecule has 6 heteroatoms. The van der Waals surface area contributed by atoms with Gasteiger partial charge in [-0.1, -0.05) is 31.2 Å². The lowest BCUT2D eigenvalue weighted by Gasteiger charge is -2.33. The van der Waals surface area contributed by atoms with E-state index in [4.69, 9.17) is 4.74 Å². The number of amides is 2. The predicted octanol–water partition coefficient (Wildman–Crippen LogP) is 3.62. The molecule has 1 fully saturated rings. The maximum atomic E-state index is 12.7. The fourth-order valence-electron chi connectivity index (χ4n) is 3.57. The number of nitrogens with zero attached hydrogens (tertiary/aromatic N) is 2. The number of ether oxygens (including phenoxy) is 1. The van der Waals surface area contributed by atoms with Gasteiger partial charge in [-0.15, -0.1) is 0 Å². The highest BCUT2D eigenvalue weighted by Gasteiger charge is 2.30. The van der Waals surface area contributed by atoms with Crippen LogP contribution < -0.4 is 5.32 Å². The lowest BCUT2D eigenvalue weighted by molar-refractivity contribution is -0.126. The normalized spacial score (nSPS) is 16.6. The first-order valence-corrected chi connectivity index (χ1v) is 10.6. The third kappa shape index (κ3) is 7.03. The van der Waals surface area contributed by atoms with Gasteiger partial charge >= 0.3 is 6.09 Å².